The highest BCUT2D eigenvalue weighted by atomic mass is 16.5. The lowest BCUT2D eigenvalue weighted by Gasteiger charge is -2.32. The number of hydrogen-bond acceptors (Lipinski definition) is 5. The quantitative estimate of drug-likeness (QED) is 0.696. The van der Waals surface area contributed by atoms with Crippen LogP contribution in [-0.2, 0) is 18.8 Å². The Morgan fingerprint density at radius 2 is 2.15 bits per heavy atom. The van der Waals surface area contributed by atoms with Crippen LogP contribution in [0.5, 0.6) is 0 Å². The second kappa shape index (κ2) is 6.41. The highest BCUT2D eigenvalue weighted by Crippen LogP contribution is 2.25. The summed E-state index contributed by atoms with van der Waals surface area (Å²) in [4.78, 5) is 15.1. The molecule has 136 valence electrons. The van der Waals surface area contributed by atoms with E-state index in [4.69, 9.17) is 4.74 Å². The van der Waals surface area contributed by atoms with Crippen molar-refractivity contribution in [3.05, 3.63) is 47.7 Å². The molecule has 9 heteroatoms. The third-order valence-electron chi connectivity index (χ3n) is 4.58. The molecule has 1 amide bonds. The first-order valence-electron chi connectivity index (χ1n) is 8.47. The largest absolute Gasteiger partial charge is 0.370 e. The van der Waals surface area contributed by atoms with Crippen LogP contribution >= 0.6 is 0 Å². The first-order chi connectivity index (χ1) is 12.5. The molecule has 0 saturated carbocycles. The minimum absolute atomic E-state index is 0.0571. The third-order valence-corrected chi connectivity index (χ3v) is 4.58. The molecule has 0 radical (unpaired) electrons. The Labute approximate surface area is 150 Å². The fraction of sp³-hybridized carbons (Fsp3) is 0.412. The normalized spacial score (nSPS) is 17.7. The molecule has 4 heterocycles. The van der Waals surface area contributed by atoms with Gasteiger partial charge in [-0.2, -0.15) is 15.3 Å². The van der Waals surface area contributed by atoms with Crippen molar-refractivity contribution < 1.29 is 9.53 Å². The summed E-state index contributed by atoms with van der Waals surface area (Å²) in [6, 6.07) is 1.82. The zero-order valence-corrected chi connectivity index (χ0v) is 15.0. The number of nitrogens with zero attached hydrogens (tertiary/aromatic N) is 7. The van der Waals surface area contributed by atoms with Crippen molar-refractivity contribution in [1.82, 2.24) is 34.2 Å². The average molecular weight is 355 g/mol. The van der Waals surface area contributed by atoms with Gasteiger partial charge in [-0.3, -0.25) is 9.48 Å². The maximum absolute atomic E-state index is 13.3. The van der Waals surface area contributed by atoms with Gasteiger partial charge in [0, 0.05) is 44.8 Å². The molecule has 3 aromatic rings. The Kier molecular flexibility index (Phi) is 4.08. The Morgan fingerprint density at radius 3 is 2.85 bits per heavy atom. The van der Waals surface area contributed by atoms with Crippen molar-refractivity contribution in [3.63, 3.8) is 0 Å². The molecule has 0 spiro atoms. The second-order valence-electron chi connectivity index (χ2n) is 6.42. The fourth-order valence-electron chi connectivity index (χ4n) is 3.35. The maximum atomic E-state index is 13.3. The van der Waals surface area contributed by atoms with Crippen molar-refractivity contribution in [2.75, 3.05) is 19.7 Å². The molecule has 1 unspecified atom stereocenters. The van der Waals surface area contributed by atoms with E-state index in [0.29, 0.717) is 36.8 Å². The van der Waals surface area contributed by atoms with Gasteiger partial charge in [-0.25, -0.2) is 9.36 Å². The zero-order chi connectivity index (χ0) is 18.3. The van der Waals surface area contributed by atoms with Crippen LogP contribution in [-0.4, -0.2) is 59.8 Å². The van der Waals surface area contributed by atoms with Gasteiger partial charge in [0.1, 0.15) is 11.7 Å². The van der Waals surface area contributed by atoms with E-state index in [-0.39, 0.29) is 12.0 Å². The van der Waals surface area contributed by atoms with Crippen LogP contribution in [0.25, 0.3) is 5.82 Å². The number of aromatic nitrogens is 6. The Bertz CT molecular complexity index is 925. The predicted molar refractivity (Wildman–Crippen MR) is 92.9 cm³/mol. The molecule has 1 aliphatic rings. The first kappa shape index (κ1) is 16.5. The van der Waals surface area contributed by atoms with E-state index in [1.54, 1.807) is 26.4 Å². The van der Waals surface area contributed by atoms with Crippen LogP contribution in [0.1, 0.15) is 27.7 Å². The summed E-state index contributed by atoms with van der Waals surface area (Å²) < 4.78 is 10.9. The molecule has 0 bridgehead atoms. The van der Waals surface area contributed by atoms with Crippen molar-refractivity contribution in [1.29, 1.82) is 0 Å². The van der Waals surface area contributed by atoms with Crippen molar-refractivity contribution in [2.45, 2.75) is 13.0 Å². The highest BCUT2D eigenvalue weighted by Gasteiger charge is 2.31. The lowest BCUT2D eigenvalue weighted by atomic mass is 10.1. The van der Waals surface area contributed by atoms with Gasteiger partial charge in [0.2, 0.25) is 0 Å². The van der Waals surface area contributed by atoms with Gasteiger partial charge in [0.25, 0.3) is 5.91 Å². The van der Waals surface area contributed by atoms with Crippen LogP contribution < -0.4 is 0 Å². The molecule has 1 aliphatic heterocycles. The summed E-state index contributed by atoms with van der Waals surface area (Å²) >= 11 is 0. The van der Waals surface area contributed by atoms with Gasteiger partial charge in [-0.05, 0) is 13.0 Å². The number of aryl methyl sites for hydroxylation is 3. The molecular weight excluding hydrogens is 334 g/mol. The number of hydrogen-bond donors (Lipinski definition) is 0. The number of morpholine rings is 1. The van der Waals surface area contributed by atoms with Crippen LogP contribution in [0, 0.1) is 6.92 Å². The van der Waals surface area contributed by atoms with Crippen molar-refractivity contribution in [3.8, 4) is 5.82 Å². The molecule has 9 nitrogen and oxygen atoms in total. The van der Waals surface area contributed by atoms with Gasteiger partial charge < -0.3 is 9.64 Å². The van der Waals surface area contributed by atoms with Crippen molar-refractivity contribution in [2.24, 2.45) is 14.1 Å². The van der Waals surface area contributed by atoms with Crippen LogP contribution in [0.3, 0.4) is 0 Å². The van der Waals surface area contributed by atoms with E-state index in [0.717, 1.165) is 5.56 Å². The SMILES string of the molecule is Cc1nn(C)c(-n2cccn2)c1C(=O)N1CCOC(c2cnn(C)c2)C1. The molecule has 0 aliphatic carbocycles. The molecule has 4 rings (SSSR count). The maximum Gasteiger partial charge on any atom is 0.259 e. The smallest absolute Gasteiger partial charge is 0.259 e. The monoisotopic (exact) mass is 355 g/mol. The number of carbonyl (C=O) groups excluding carboxylic acids is 1. The summed E-state index contributed by atoms with van der Waals surface area (Å²) in [5.74, 6) is 0.611. The summed E-state index contributed by atoms with van der Waals surface area (Å²) in [5, 5.41) is 12.9. The summed E-state index contributed by atoms with van der Waals surface area (Å²) in [7, 11) is 3.68. The third kappa shape index (κ3) is 2.80. The molecule has 0 aromatic carbocycles. The standard InChI is InChI=1S/C17H21N7O2/c1-12-15(16(22(3)20-12)24-6-4-5-18-24)17(25)23-7-8-26-14(11-23)13-9-19-21(2)10-13/h4-6,9-10,14H,7-8,11H2,1-3H3. The number of carbonyl (C=O) groups is 1. The molecule has 26 heavy (non-hydrogen) atoms. The highest BCUT2D eigenvalue weighted by molar-refractivity contribution is 5.98. The molecule has 1 atom stereocenters. The first-order valence-corrected chi connectivity index (χ1v) is 8.47. The predicted octanol–water partition coefficient (Wildman–Crippen LogP) is 0.861. The summed E-state index contributed by atoms with van der Waals surface area (Å²) in [5.41, 5.74) is 2.23. The van der Waals surface area contributed by atoms with Gasteiger partial charge in [-0.15, -0.1) is 0 Å². The topological polar surface area (TPSA) is 83.0 Å². The van der Waals surface area contributed by atoms with E-state index in [1.165, 1.54) is 0 Å². The number of rotatable bonds is 3. The Morgan fingerprint density at radius 1 is 1.31 bits per heavy atom. The molecule has 1 fully saturated rings. The van der Waals surface area contributed by atoms with Gasteiger partial charge in [0.15, 0.2) is 5.82 Å². The minimum atomic E-state index is -0.175. The summed E-state index contributed by atoms with van der Waals surface area (Å²) in [6.07, 6.45) is 7.02. The molecular formula is C17H21N7O2. The van der Waals surface area contributed by atoms with E-state index < -0.39 is 0 Å². The zero-order valence-electron chi connectivity index (χ0n) is 15.0. The second-order valence-corrected chi connectivity index (χ2v) is 6.42. The number of ether oxygens (including phenoxy) is 1. The van der Waals surface area contributed by atoms with Gasteiger partial charge in [0.05, 0.1) is 25.0 Å². The van der Waals surface area contributed by atoms with E-state index >= 15 is 0 Å². The lowest BCUT2D eigenvalue weighted by Crippen LogP contribution is -2.42. The van der Waals surface area contributed by atoms with Crippen LogP contribution in [0.15, 0.2) is 30.9 Å². The van der Waals surface area contributed by atoms with Crippen LogP contribution in [0.2, 0.25) is 0 Å². The molecule has 3 aromatic heterocycles. The van der Waals surface area contributed by atoms with Crippen molar-refractivity contribution >= 4 is 5.91 Å². The van der Waals surface area contributed by atoms with E-state index in [2.05, 4.69) is 15.3 Å². The minimum Gasteiger partial charge on any atom is -0.370 e. The lowest BCUT2D eigenvalue weighted by molar-refractivity contribution is -0.0228. The number of amides is 1. The summed E-state index contributed by atoms with van der Waals surface area (Å²) in [6.45, 7) is 3.36. The average Bonchev–Trinajstić information content (AvgIpc) is 3.35. The van der Waals surface area contributed by atoms with E-state index in [1.807, 2.05) is 44.4 Å². The van der Waals surface area contributed by atoms with Gasteiger partial charge in [-0.1, -0.05) is 0 Å². The molecule has 0 N–H and O–H groups in total. The van der Waals surface area contributed by atoms with E-state index in [9.17, 15) is 4.79 Å². The molecule has 1 saturated heterocycles. The Balaban J connectivity index is 1.64. The fourth-order valence-corrected chi connectivity index (χ4v) is 3.35. The van der Waals surface area contributed by atoms with Crippen LogP contribution in [0.4, 0.5) is 0 Å². The Hall–Kier alpha value is -2.94. The van der Waals surface area contributed by atoms with Gasteiger partial charge >= 0.3 is 0 Å².